The second kappa shape index (κ2) is 6.92. The molecular formula is C17H20BrNO3. The van der Waals surface area contributed by atoms with Gasteiger partial charge in [0.1, 0.15) is 5.78 Å². The molecule has 2 unspecified atom stereocenters. The Hall–Kier alpha value is -1.20. The van der Waals surface area contributed by atoms with Crippen LogP contribution >= 0.6 is 15.9 Å². The minimum atomic E-state index is -0.274. The first-order chi connectivity index (χ1) is 10.6. The number of carbonyl (C=O) groups excluding carboxylic acids is 2. The Morgan fingerprint density at radius 1 is 1.18 bits per heavy atom. The molecule has 0 aliphatic carbocycles. The van der Waals surface area contributed by atoms with Gasteiger partial charge in [-0.2, -0.15) is 0 Å². The van der Waals surface area contributed by atoms with Crippen molar-refractivity contribution in [2.24, 2.45) is 0 Å². The summed E-state index contributed by atoms with van der Waals surface area (Å²) in [6.45, 7) is 1.34. The van der Waals surface area contributed by atoms with Crippen LogP contribution in [0.4, 0.5) is 0 Å². The number of benzene rings is 1. The largest absolute Gasteiger partial charge is 0.462 e. The minimum absolute atomic E-state index is 0.274. The highest BCUT2D eigenvalue weighted by Crippen LogP contribution is 2.33. The minimum Gasteiger partial charge on any atom is -0.462 e. The third-order valence-corrected chi connectivity index (χ3v) is 5.10. The van der Waals surface area contributed by atoms with Crippen molar-refractivity contribution in [3.8, 4) is 0 Å². The standard InChI is InChI=1S/C17H20BrNO3/c18-13-4-2-12(3-5-13)17(21)22-9-1-8-19-14-6-7-15(19)11-16(20)10-14/h2-5,14-15H,1,6-11H2. The van der Waals surface area contributed by atoms with Gasteiger partial charge in [0.15, 0.2) is 0 Å². The zero-order chi connectivity index (χ0) is 15.5. The lowest BCUT2D eigenvalue weighted by Crippen LogP contribution is -2.43. The number of ketones is 1. The second-order valence-corrected chi connectivity index (χ2v) is 6.98. The van der Waals surface area contributed by atoms with Crippen LogP contribution in [0.5, 0.6) is 0 Å². The number of hydrogen-bond acceptors (Lipinski definition) is 4. The molecule has 2 atom stereocenters. The van der Waals surface area contributed by atoms with E-state index >= 15 is 0 Å². The number of nitrogens with zero attached hydrogens (tertiary/aromatic N) is 1. The monoisotopic (exact) mass is 365 g/mol. The molecule has 0 N–H and O–H groups in total. The normalized spacial score (nSPS) is 24.5. The lowest BCUT2D eigenvalue weighted by atomic mass is 10.0. The number of halogens is 1. The van der Waals surface area contributed by atoms with E-state index in [0.717, 1.165) is 30.3 Å². The molecule has 118 valence electrons. The predicted molar refractivity (Wildman–Crippen MR) is 86.8 cm³/mol. The Morgan fingerprint density at radius 2 is 1.82 bits per heavy atom. The van der Waals surface area contributed by atoms with E-state index in [9.17, 15) is 9.59 Å². The summed E-state index contributed by atoms with van der Waals surface area (Å²) in [5, 5.41) is 0. The molecule has 2 bridgehead atoms. The number of piperidine rings is 1. The summed E-state index contributed by atoms with van der Waals surface area (Å²) >= 11 is 3.34. The molecule has 0 radical (unpaired) electrons. The van der Waals surface area contributed by atoms with E-state index in [1.54, 1.807) is 12.1 Å². The first-order valence-corrected chi connectivity index (χ1v) is 8.63. The van der Waals surface area contributed by atoms with Crippen LogP contribution in [0.2, 0.25) is 0 Å². The summed E-state index contributed by atoms with van der Waals surface area (Å²) < 4.78 is 6.27. The molecule has 0 saturated carbocycles. The summed E-state index contributed by atoms with van der Waals surface area (Å²) in [6, 6.07) is 8.02. The zero-order valence-corrected chi connectivity index (χ0v) is 14.0. The fourth-order valence-corrected chi connectivity index (χ4v) is 3.77. The van der Waals surface area contributed by atoms with Gasteiger partial charge in [0.25, 0.3) is 0 Å². The molecule has 5 heteroatoms. The zero-order valence-electron chi connectivity index (χ0n) is 12.5. The van der Waals surface area contributed by atoms with Crippen LogP contribution in [-0.4, -0.2) is 41.9 Å². The lowest BCUT2D eigenvalue weighted by molar-refractivity contribution is -0.123. The average molecular weight is 366 g/mol. The average Bonchev–Trinajstić information content (AvgIpc) is 2.74. The van der Waals surface area contributed by atoms with Crippen molar-refractivity contribution in [2.45, 2.75) is 44.2 Å². The summed E-state index contributed by atoms with van der Waals surface area (Å²) in [4.78, 5) is 25.9. The van der Waals surface area contributed by atoms with Crippen LogP contribution in [-0.2, 0) is 9.53 Å². The number of carbonyl (C=O) groups is 2. The molecule has 0 spiro atoms. The van der Waals surface area contributed by atoms with Gasteiger partial charge in [0, 0.05) is 35.9 Å². The maximum atomic E-state index is 11.9. The van der Waals surface area contributed by atoms with Gasteiger partial charge in [0.05, 0.1) is 12.2 Å². The number of Topliss-reactive ketones (excluding diaryl/α,β-unsaturated/α-hetero) is 1. The van der Waals surface area contributed by atoms with E-state index in [0.29, 0.717) is 42.9 Å². The van der Waals surface area contributed by atoms with Crippen molar-refractivity contribution in [1.82, 2.24) is 4.90 Å². The second-order valence-electron chi connectivity index (χ2n) is 6.07. The third kappa shape index (κ3) is 3.58. The predicted octanol–water partition coefficient (Wildman–Crippen LogP) is 3.19. The van der Waals surface area contributed by atoms with Crippen molar-refractivity contribution in [3.63, 3.8) is 0 Å². The van der Waals surface area contributed by atoms with Crippen molar-refractivity contribution >= 4 is 27.7 Å². The molecule has 2 fully saturated rings. The third-order valence-electron chi connectivity index (χ3n) is 4.57. The fraction of sp³-hybridized carbons (Fsp3) is 0.529. The van der Waals surface area contributed by atoms with Crippen LogP contribution in [0, 0.1) is 0 Å². The van der Waals surface area contributed by atoms with Crippen LogP contribution in [0.1, 0.15) is 42.5 Å². The van der Waals surface area contributed by atoms with Gasteiger partial charge in [-0.1, -0.05) is 15.9 Å². The first-order valence-electron chi connectivity index (χ1n) is 7.83. The Bertz CT molecular complexity index is 542. The van der Waals surface area contributed by atoms with Crippen molar-refractivity contribution in [1.29, 1.82) is 0 Å². The van der Waals surface area contributed by atoms with E-state index in [4.69, 9.17) is 4.74 Å². The van der Waals surface area contributed by atoms with Gasteiger partial charge in [0.2, 0.25) is 0 Å². The maximum Gasteiger partial charge on any atom is 0.338 e. The molecule has 2 aliphatic rings. The maximum absolute atomic E-state index is 11.9. The van der Waals surface area contributed by atoms with Gasteiger partial charge < -0.3 is 4.74 Å². The molecule has 2 heterocycles. The number of hydrogen-bond donors (Lipinski definition) is 0. The Morgan fingerprint density at radius 3 is 2.45 bits per heavy atom. The first kappa shape index (κ1) is 15.7. The van der Waals surface area contributed by atoms with Crippen LogP contribution in [0.15, 0.2) is 28.7 Å². The van der Waals surface area contributed by atoms with Gasteiger partial charge in [-0.05, 0) is 43.5 Å². The Balaban J connectivity index is 1.41. The SMILES string of the molecule is O=C1CC2CCC(C1)N2CCCOC(=O)c1ccc(Br)cc1. The van der Waals surface area contributed by atoms with E-state index in [-0.39, 0.29) is 5.97 Å². The van der Waals surface area contributed by atoms with Crippen LogP contribution in [0.25, 0.3) is 0 Å². The van der Waals surface area contributed by atoms with Gasteiger partial charge in [-0.15, -0.1) is 0 Å². The number of esters is 1. The number of rotatable bonds is 5. The molecule has 3 rings (SSSR count). The number of ether oxygens (including phenoxy) is 1. The Kier molecular flexibility index (Phi) is 4.93. The van der Waals surface area contributed by atoms with Crippen LogP contribution in [0.3, 0.4) is 0 Å². The van der Waals surface area contributed by atoms with Crippen molar-refractivity contribution < 1.29 is 14.3 Å². The smallest absolute Gasteiger partial charge is 0.338 e. The molecule has 22 heavy (non-hydrogen) atoms. The molecule has 0 amide bonds. The van der Waals surface area contributed by atoms with E-state index in [1.807, 2.05) is 12.1 Å². The molecule has 0 aromatic heterocycles. The van der Waals surface area contributed by atoms with E-state index in [2.05, 4.69) is 20.8 Å². The quantitative estimate of drug-likeness (QED) is 0.593. The van der Waals surface area contributed by atoms with Crippen LogP contribution < -0.4 is 0 Å². The van der Waals surface area contributed by atoms with E-state index < -0.39 is 0 Å². The molecule has 1 aromatic carbocycles. The lowest BCUT2D eigenvalue weighted by Gasteiger charge is -2.33. The molecule has 1 aromatic rings. The van der Waals surface area contributed by atoms with Gasteiger partial charge in [-0.25, -0.2) is 4.79 Å². The Labute approximate surface area is 138 Å². The molecule has 2 aliphatic heterocycles. The molecule has 4 nitrogen and oxygen atoms in total. The molecular weight excluding hydrogens is 346 g/mol. The summed E-state index contributed by atoms with van der Waals surface area (Å²) in [7, 11) is 0. The summed E-state index contributed by atoms with van der Waals surface area (Å²) in [5.74, 6) is 0.134. The fourth-order valence-electron chi connectivity index (χ4n) is 3.51. The summed E-state index contributed by atoms with van der Waals surface area (Å²) in [5.41, 5.74) is 0.576. The molecule has 2 saturated heterocycles. The summed E-state index contributed by atoms with van der Waals surface area (Å²) in [6.07, 6.45) is 4.50. The number of fused-ring (bicyclic) bond motifs is 2. The van der Waals surface area contributed by atoms with Gasteiger partial charge in [-0.3, -0.25) is 9.69 Å². The van der Waals surface area contributed by atoms with Crippen molar-refractivity contribution in [3.05, 3.63) is 34.3 Å². The van der Waals surface area contributed by atoms with Gasteiger partial charge >= 0.3 is 5.97 Å². The van der Waals surface area contributed by atoms with Crippen molar-refractivity contribution in [2.75, 3.05) is 13.2 Å². The highest BCUT2D eigenvalue weighted by atomic mass is 79.9. The highest BCUT2D eigenvalue weighted by Gasteiger charge is 2.39. The topological polar surface area (TPSA) is 46.6 Å². The van der Waals surface area contributed by atoms with E-state index in [1.165, 1.54) is 0 Å². The highest BCUT2D eigenvalue weighted by molar-refractivity contribution is 9.10.